The Morgan fingerprint density at radius 3 is 2.41 bits per heavy atom. The fraction of sp³-hybridized carbons (Fsp3) is 0.500. The van der Waals surface area contributed by atoms with Gasteiger partial charge in [0.1, 0.15) is 0 Å². The molecular formula is C14H17NOS. The van der Waals surface area contributed by atoms with E-state index in [-0.39, 0.29) is 0 Å². The molecule has 2 atom stereocenters. The molecule has 2 bridgehead atoms. The van der Waals surface area contributed by atoms with Gasteiger partial charge in [0.15, 0.2) is 0 Å². The van der Waals surface area contributed by atoms with E-state index < -0.39 is 0 Å². The monoisotopic (exact) mass is 247 g/mol. The van der Waals surface area contributed by atoms with E-state index in [0.717, 1.165) is 18.6 Å². The zero-order chi connectivity index (χ0) is 11.8. The van der Waals surface area contributed by atoms with E-state index in [1.807, 2.05) is 0 Å². The Balaban J connectivity index is 1.85. The molecule has 3 rings (SSSR count). The van der Waals surface area contributed by atoms with E-state index in [4.69, 9.17) is 0 Å². The Labute approximate surface area is 106 Å². The van der Waals surface area contributed by atoms with Gasteiger partial charge in [-0.15, -0.1) is 0 Å². The van der Waals surface area contributed by atoms with Crippen LogP contribution in [0.1, 0.15) is 42.5 Å². The summed E-state index contributed by atoms with van der Waals surface area (Å²) >= 11 is 1.75. The van der Waals surface area contributed by atoms with Crippen LogP contribution < -0.4 is 0 Å². The first-order valence-electron chi connectivity index (χ1n) is 6.22. The summed E-state index contributed by atoms with van der Waals surface area (Å²) in [5.74, 6) is 1.27. The molecule has 2 heterocycles. The second kappa shape index (κ2) is 4.37. The molecule has 0 saturated carbocycles. The normalized spacial score (nSPS) is 25.1. The zero-order valence-corrected chi connectivity index (χ0v) is 10.9. The Bertz CT molecular complexity index is 415. The van der Waals surface area contributed by atoms with Crippen LogP contribution in [0.5, 0.6) is 0 Å². The average molecular weight is 247 g/mol. The highest BCUT2D eigenvalue weighted by Gasteiger charge is 2.45. The van der Waals surface area contributed by atoms with Crippen LogP contribution in [-0.2, 0) is 4.79 Å². The van der Waals surface area contributed by atoms with Gasteiger partial charge >= 0.3 is 0 Å². The Morgan fingerprint density at radius 2 is 1.88 bits per heavy atom. The van der Waals surface area contributed by atoms with Crippen molar-refractivity contribution in [3.8, 4) is 0 Å². The van der Waals surface area contributed by atoms with Gasteiger partial charge in [0.05, 0.1) is 12.1 Å². The Morgan fingerprint density at radius 1 is 1.29 bits per heavy atom. The summed E-state index contributed by atoms with van der Waals surface area (Å²) < 4.78 is 0. The molecular weight excluding hydrogens is 230 g/mol. The third kappa shape index (κ3) is 1.68. The van der Waals surface area contributed by atoms with Crippen LogP contribution in [0.4, 0.5) is 0 Å². The molecule has 2 unspecified atom stereocenters. The molecule has 1 fully saturated rings. The quantitative estimate of drug-likeness (QED) is 0.817. The maximum atomic E-state index is 12.2. The Hall–Kier alpha value is -0.960. The summed E-state index contributed by atoms with van der Waals surface area (Å²) in [6, 6.07) is 9.28. The van der Waals surface area contributed by atoms with E-state index in [2.05, 4.69) is 35.4 Å². The molecule has 0 N–H and O–H groups in total. The van der Waals surface area contributed by atoms with Crippen LogP contribution in [0.3, 0.4) is 0 Å². The number of benzene rings is 1. The maximum Gasteiger partial charge on any atom is 0.224 e. The summed E-state index contributed by atoms with van der Waals surface area (Å²) in [5, 5.41) is 0. The predicted octanol–water partition coefficient (Wildman–Crippen LogP) is 3.16. The summed E-state index contributed by atoms with van der Waals surface area (Å²) in [7, 11) is 0. The maximum absolute atomic E-state index is 12.2. The van der Waals surface area contributed by atoms with Crippen LogP contribution >= 0.6 is 11.8 Å². The van der Waals surface area contributed by atoms with Crippen molar-refractivity contribution in [2.75, 3.05) is 12.0 Å². The number of hydrogen-bond donors (Lipinski definition) is 0. The van der Waals surface area contributed by atoms with Gasteiger partial charge in [-0.2, -0.15) is 11.8 Å². The summed E-state index contributed by atoms with van der Waals surface area (Å²) in [5.41, 5.74) is 2.78. The third-order valence-corrected chi connectivity index (χ3v) is 4.52. The second-order valence-corrected chi connectivity index (χ2v) is 5.77. The van der Waals surface area contributed by atoms with E-state index in [0.29, 0.717) is 24.4 Å². The molecule has 17 heavy (non-hydrogen) atoms. The SMILES string of the molecule is CSCCC(=O)N1C2CCC1c1ccccc12. The van der Waals surface area contributed by atoms with Gasteiger partial charge in [-0.3, -0.25) is 4.79 Å². The van der Waals surface area contributed by atoms with Gasteiger partial charge in [0, 0.05) is 12.2 Å². The van der Waals surface area contributed by atoms with Crippen LogP contribution in [0.2, 0.25) is 0 Å². The second-order valence-electron chi connectivity index (χ2n) is 4.78. The van der Waals surface area contributed by atoms with Crippen molar-refractivity contribution in [3.05, 3.63) is 35.4 Å². The first-order valence-corrected chi connectivity index (χ1v) is 7.61. The molecule has 1 aromatic rings. The molecule has 2 aliphatic heterocycles. The minimum absolute atomic E-state index is 0.336. The lowest BCUT2D eigenvalue weighted by Gasteiger charge is -2.22. The smallest absolute Gasteiger partial charge is 0.224 e. The average Bonchev–Trinajstić information content (AvgIpc) is 2.93. The minimum atomic E-state index is 0.336. The fourth-order valence-electron chi connectivity index (χ4n) is 3.21. The van der Waals surface area contributed by atoms with Gasteiger partial charge in [0.25, 0.3) is 0 Å². The lowest BCUT2D eigenvalue weighted by atomic mass is 9.92. The molecule has 90 valence electrons. The predicted molar refractivity (Wildman–Crippen MR) is 71.0 cm³/mol. The molecule has 0 spiro atoms. The number of hydrogen-bond acceptors (Lipinski definition) is 2. The molecule has 0 radical (unpaired) electrons. The molecule has 0 aliphatic carbocycles. The van der Waals surface area contributed by atoms with Crippen molar-refractivity contribution in [2.24, 2.45) is 0 Å². The molecule has 1 saturated heterocycles. The summed E-state index contributed by atoms with van der Waals surface area (Å²) in [6.45, 7) is 0. The molecule has 0 aromatic heterocycles. The minimum Gasteiger partial charge on any atom is -0.329 e. The number of carbonyl (C=O) groups is 1. The number of nitrogens with zero attached hydrogens (tertiary/aromatic N) is 1. The zero-order valence-electron chi connectivity index (χ0n) is 10.1. The van der Waals surface area contributed by atoms with Crippen LogP contribution in [0.25, 0.3) is 0 Å². The number of rotatable bonds is 3. The van der Waals surface area contributed by atoms with Crippen LogP contribution in [-0.4, -0.2) is 22.8 Å². The van der Waals surface area contributed by atoms with E-state index in [1.54, 1.807) is 11.8 Å². The van der Waals surface area contributed by atoms with Crippen molar-refractivity contribution in [2.45, 2.75) is 31.3 Å². The van der Waals surface area contributed by atoms with Gasteiger partial charge in [-0.1, -0.05) is 24.3 Å². The third-order valence-electron chi connectivity index (χ3n) is 3.91. The van der Waals surface area contributed by atoms with Crippen molar-refractivity contribution < 1.29 is 4.79 Å². The van der Waals surface area contributed by atoms with Crippen molar-refractivity contribution >= 4 is 17.7 Å². The number of thioether (sulfide) groups is 1. The molecule has 2 aliphatic rings. The lowest BCUT2D eigenvalue weighted by molar-refractivity contribution is -0.133. The first-order chi connectivity index (χ1) is 8.33. The largest absolute Gasteiger partial charge is 0.329 e. The van der Waals surface area contributed by atoms with E-state index >= 15 is 0 Å². The number of fused-ring (bicyclic) bond motifs is 5. The van der Waals surface area contributed by atoms with Crippen molar-refractivity contribution in [1.82, 2.24) is 4.90 Å². The summed E-state index contributed by atoms with van der Waals surface area (Å²) in [6.07, 6.45) is 5.03. The van der Waals surface area contributed by atoms with E-state index in [9.17, 15) is 4.79 Å². The molecule has 1 amide bonds. The molecule has 1 aromatic carbocycles. The van der Waals surface area contributed by atoms with Gasteiger partial charge < -0.3 is 4.90 Å². The highest BCUT2D eigenvalue weighted by Crippen LogP contribution is 2.52. The standard InChI is InChI=1S/C14H17NOS/c1-17-9-8-14(16)15-12-6-7-13(15)11-5-3-2-4-10(11)12/h2-5,12-13H,6-9H2,1H3. The van der Waals surface area contributed by atoms with Gasteiger partial charge in [0.2, 0.25) is 5.91 Å². The molecule has 2 nitrogen and oxygen atoms in total. The topological polar surface area (TPSA) is 20.3 Å². The fourth-order valence-corrected chi connectivity index (χ4v) is 3.58. The highest BCUT2D eigenvalue weighted by atomic mass is 32.2. The van der Waals surface area contributed by atoms with Crippen LogP contribution in [0, 0.1) is 0 Å². The van der Waals surface area contributed by atoms with Crippen molar-refractivity contribution in [3.63, 3.8) is 0 Å². The lowest BCUT2D eigenvalue weighted by Crippen LogP contribution is -2.28. The Kier molecular flexibility index (Phi) is 2.87. The van der Waals surface area contributed by atoms with E-state index in [1.165, 1.54) is 11.1 Å². The molecule has 3 heteroatoms. The van der Waals surface area contributed by atoms with Crippen molar-refractivity contribution in [1.29, 1.82) is 0 Å². The van der Waals surface area contributed by atoms with Gasteiger partial charge in [-0.05, 0) is 30.2 Å². The number of amides is 1. The first kappa shape index (κ1) is 11.1. The van der Waals surface area contributed by atoms with Gasteiger partial charge in [-0.25, -0.2) is 0 Å². The highest BCUT2D eigenvalue weighted by molar-refractivity contribution is 7.98. The summed E-state index contributed by atoms with van der Waals surface area (Å²) in [4.78, 5) is 14.4. The number of carbonyl (C=O) groups excluding carboxylic acids is 1. The van der Waals surface area contributed by atoms with Crippen LogP contribution in [0.15, 0.2) is 24.3 Å².